The number of benzene rings is 1. The Morgan fingerprint density at radius 2 is 2.00 bits per heavy atom. The van der Waals surface area contributed by atoms with E-state index in [0.29, 0.717) is 19.5 Å². The van der Waals surface area contributed by atoms with Crippen LogP contribution in [0, 0.1) is 5.92 Å². The molecule has 0 radical (unpaired) electrons. The highest BCUT2D eigenvalue weighted by Gasteiger charge is 2.32. The molecule has 0 aromatic heterocycles. The number of aliphatic hydroxyl groups is 1. The summed E-state index contributed by atoms with van der Waals surface area (Å²) in [5, 5.41) is 18.1. The third kappa shape index (κ3) is 2.80. The molecular weight excluding hydrogens is 232 g/mol. The molecule has 4 N–H and O–H groups in total. The van der Waals surface area contributed by atoms with Gasteiger partial charge in [-0.05, 0) is 24.1 Å². The molecule has 2 rings (SSSR count). The van der Waals surface area contributed by atoms with Crippen LogP contribution in [0.1, 0.15) is 5.56 Å². The van der Waals surface area contributed by atoms with Gasteiger partial charge in [0.05, 0.1) is 6.04 Å². The van der Waals surface area contributed by atoms with Crippen molar-refractivity contribution in [3.8, 4) is 5.75 Å². The number of hydrogen-bond acceptors (Lipinski definition) is 4. The standard InChI is InChI=1S/C13H18N2O3/c14-12(5-9-1-3-11(17)4-2-9)13(18)15-6-10(7-15)8-16/h1-4,10,12,16-17H,5-8,14H2. The third-order valence-electron chi connectivity index (χ3n) is 3.24. The topological polar surface area (TPSA) is 86.8 Å². The van der Waals surface area contributed by atoms with Gasteiger partial charge in [0.2, 0.25) is 5.91 Å². The number of phenolic OH excluding ortho intramolecular Hbond substituents is 1. The van der Waals surface area contributed by atoms with Crippen molar-refractivity contribution in [3.05, 3.63) is 29.8 Å². The molecule has 1 unspecified atom stereocenters. The van der Waals surface area contributed by atoms with E-state index in [1.807, 2.05) is 0 Å². The number of aromatic hydroxyl groups is 1. The van der Waals surface area contributed by atoms with Gasteiger partial charge >= 0.3 is 0 Å². The number of phenols is 1. The Balaban J connectivity index is 1.86. The Morgan fingerprint density at radius 1 is 1.39 bits per heavy atom. The van der Waals surface area contributed by atoms with E-state index in [-0.39, 0.29) is 24.2 Å². The van der Waals surface area contributed by atoms with Gasteiger partial charge in [0.1, 0.15) is 5.75 Å². The molecular formula is C13H18N2O3. The molecule has 1 aromatic rings. The van der Waals surface area contributed by atoms with E-state index in [4.69, 9.17) is 15.9 Å². The molecule has 0 aliphatic carbocycles. The van der Waals surface area contributed by atoms with Gasteiger partial charge in [-0.15, -0.1) is 0 Å². The smallest absolute Gasteiger partial charge is 0.239 e. The van der Waals surface area contributed by atoms with E-state index in [1.54, 1.807) is 29.2 Å². The summed E-state index contributed by atoms with van der Waals surface area (Å²) in [6.45, 7) is 1.31. The van der Waals surface area contributed by atoms with Crippen LogP contribution in [0.2, 0.25) is 0 Å². The molecule has 1 atom stereocenters. The van der Waals surface area contributed by atoms with Gasteiger partial charge in [0, 0.05) is 25.6 Å². The minimum absolute atomic E-state index is 0.0761. The number of carbonyl (C=O) groups excluding carboxylic acids is 1. The SMILES string of the molecule is NC(Cc1ccc(O)cc1)C(=O)N1CC(CO)C1. The average molecular weight is 250 g/mol. The number of carbonyl (C=O) groups is 1. The first kappa shape index (κ1) is 12.9. The number of nitrogens with zero attached hydrogens (tertiary/aromatic N) is 1. The highest BCUT2D eigenvalue weighted by atomic mass is 16.3. The molecule has 1 aliphatic rings. The van der Waals surface area contributed by atoms with Gasteiger partial charge in [-0.2, -0.15) is 0 Å². The first-order chi connectivity index (χ1) is 8.60. The second-order valence-corrected chi connectivity index (χ2v) is 4.77. The fourth-order valence-corrected chi connectivity index (χ4v) is 2.07. The molecule has 1 aliphatic heterocycles. The minimum atomic E-state index is -0.561. The highest BCUT2D eigenvalue weighted by Crippen LogP contribution is 2.17. The summed E-state index contributed by atoms with van der Waals surface area (Å²) in [5.41, 5.74) is 6.79. The quantitative estimate of drug-likeness (QED) is 0.685. The molecule has 1 heterocycles. The summed E-state index contributed by atoms with van der Waals surface area (Å²) in [4.78, 5) is 13.6. The molecule has 98 valence electrons. The number of aliphatic hydroxyl groups excluding tert-OH is 1. The van der Waals surface area contributed by atoms with E-state index < -0.39 is 6.04 Å². The molecule has 0 bridgehead atoms. The van der Waals surface area contributed by atoms with E-state index in [0.717, 1.165) is 5.56 Å². The van der Waals surface area contributed by atoms with Crippen LogP contribution in [-0.2, 0) is 11.2 Å². The summed E-state index contributed by atoms with van der Waals surface area (Å²) >= 11 is 0. The Bertz CT molecular complexity index is 413. The maximum Gasteiger partial charge on any atom is 0.239 e. The first-order valence-electron chi connectivity index (χ1n) is 6.03. The number of likely N-dealkylation sites (tertiary alicyclic amines) is 1. The summed E-state index contributed by atoms with van der Waals surface area (Å²) in [6, 6.07) is 6.12. The monoisotopic (exact) mass is 250 g/mol. The van der Waals surface area contributed by atoms with Crippen molar-refractivity contribution in [1.82, 2.24) is 4.90 Å². The van der Waals surface area contributed by atoms with Gasteiger partial charge in [-0.1, -0.05) is 12.1 Å². The van der Waals surface area contributed by atoms with Crippen LogP contribution in [0.5, 0.6) is 5.75 Å². The molecule has 18 heavy (non-hydrogen) atoms. The van der Waals surface area contributed by atoms with Crippen LogP contribution in [0.25, 0.3) is 0 Å². The number of amides is 1. The molecule has 1 aromatic carbocycles. The predicted molar refractivity (Wildman–Crippen MR) is 66.9 cm³/mol. The third-order valence-corrected chi connectivity index (χ3v) is 3.24. The average Bonchev–Trinajstić information content (AvgIpc) is 2.30. The van der Waals surface area contributed by atoms with Crippen molar-refractivity contribution >= 4 is 5.91 Å². The normalized spacial score (nSPS) is 17.3. The van der Waals surface area contributed by atoms with Gasteiger partial charge in [-0.25, -0.2) is 0 Å². The summed E-state index contributed by atoms with van der Waals surface area (Å²) in [5.74, 6) is 0.328. The zero-order chi connectivity index (χ0) is 13.1. The zero-order valence-electron chi connectivity index (χ0n) is 10.1. The van der Waals surface area contributed by atoms with Crippen molar-refractivity contribution in [2.24, 2.45) is 11.7 Å². The van der Waals surface area contributed by atoms with Crippen LogP contribution < -0.4 is 5.73 Å². The van der Waals surface area contributed by atoms with Gasteiger partial charge in [-0.3, -0.25) is 4.79 Å². The fourth-order valence-electron chi connectivity index (χ4n) is 2.07. The molecule has 5 heteroatoms. The van der Waals surface area contributed by atoms with Crippen LogP contribution in [-0.4, -0.2) is 46.8 Å². The Kier molecular flexibility index (Phi) is 3.84. The van der Waals surface area contributed by atoms with E-state index in [1.165, 1.54) is 0 Å². The second kappa shape index (κ2) is 5.37. The summed E-state index contributed by atoms with van der Waals surface area (Å²) < 4.78 is 0. The van der Waals surface area contributed by atoms with Gasteiger partial charge < -0.3 is 20.8 Å². The first-order valence-corrected chi connectivity index (χ1v) is 6.03. The lowest BCUT2D eigenvalue weighted by Gasteiger charge is -2.39. The maximum atomic E-state index is 11.9. The van der Waals surface area contributed by atoms with Crippen molar-refractivity contribution in [1.29, 1.82) is 0 Å². The molecule has 1 fully saturated rings. The summed E-state index contributed by atoms with van der Waals surface area (Å²) in [6.07, 6.45) is 0.458. The molecule has 5 nitrogen and oxygen atoms in total. The molecule has 1 amide bonds. The lowest BCUT2D eigenvalue weighted by molar-refractivity contribution is -0.139. The largest absolute Gasteiger partial charge is 0.508 e. The van der Waals surface area contributed by atoms with Gasteiger partial charge in [0.25, 0.3) is 0 Å². The Hall–Kier alpha value is -1.59. The van der Waals surface area contributed by atoms with Gasteiger partial charge in [0.15, 0.2) is 0 Å². The van der Waals surface area contributed by atoms with Crippen LogP contribution in [0.4, 0.5) is 0 Å². The van der Waals surface area contributed by atoms with Crippen molar-refractivity contribution < 1.29 is 15.0 Å². The van der Waals surface area contributed by atoms with Crippen molar-refractivity contribution in [3.63, 3.8) is 0 Å². The maximum absolute atomic E-state index is 11.9. The lowest BCUT2D eigenvalue weighted by Crippen LogP contribution is -2.56. The zero-order valence-corrected chi connectivity index (χ0v) is 10.1. The number of hydrogen-bond donors (Lipinski definition) is 3. The van der Waals surface area contributed by atoms with E-state index in [2.05, 4.69) is 0 Å². The molecule has 0 spiro atoms. The fraction of sp³-hybridized carbons (Fsp3) is 0.462. The lowest BCUT2D eigenvalue weighted by atomic mass is 9.98. The van der Waals surface area contributed by atoms with Crippen LogP contribution >= 0.6 is 0 Å². The second-order valence-electron chi connectivity index (χ2n) is 4.77. The Morgan fingerprint density at radius 3 is 2.56 bits per heavy atom. The number of rotatable bonds is 4. The van der Waals surface area contributed by atoms with Crippen molar-refractivity contribution in [2.75, 3.05) is 19.7 Å². The highest BCUT2D eigenvalue weighted by molar-refractivity contribution is 5.82. The predicted octanol–water partition coefficient (Wildman–Crippen LogP) is -0.287. The number of nitrogens with two attached hydrogens (primary N) is 1. The van der Waals surface area contributed by atoms with E-state index in [9.17, 15) is 4.79 Å². The van der Waals surface area contributed by atoms with E-state index >= 15 is 0 Å². The van der Waals surface area contributed by atoms with Crippen LogP contribution in [0.3, 0.4) is 0 Å². The minimum Gasteiger partial charge on any atom is -0.508 e. The molecule has 1 saturated heterocycles. The molecule has 0 saturated carbocycles. The van der Waals surface area contributed by atoms with Crippen molar-refractivity contribution in [2.45, 2.75) is 12.5 Å². The summed E-state index contributed by atoms with van der Waals surface area (Å²) in [7, 11) is 0. The Labute approximate surface area is 106 Å². The van der Waals surface area contributed by atoms with Crippen LogP contribution in [0.15, 0.2) is 24.3 Å².